The molecule has 1 rings (SSSR count). The molecule has 1 heterocycles. The van der Waals surface area contributed by atoms with E-state index in [2.05, 4.69) is 10.3 Å². The Labute approximate surface area is 92.5 Å². The fraction of sp³-hybridized carbons (Fsp3) is 0.300. The molecule has 0 aliphatic rings. The third-order valence-electron chi connectivity index (χ3n) is 2.09. The van der Waals surface area contributed by atoms with Crippen LogP contribution in [0.25, 0.3) is 0 Å². The molecule has 0 aliphatic carbocycles. The van der Waals surface area contributed by atoms with Crippen LogP contribution in [-0.4, -0.2) is 27.4 Å². The molecule has 1 aromatic heterocycles. The number of hydrogen-bond donors (Lipinski definition) is 3. The maximum Gasteiger partial charge on any atom is 0.255 e. The first kappa shape index (κ1) is 12.0. The number of primary amides is 1. The quantitative estimate of drug-likeness (QED) is 0.658. The van der Waals surface area contributed by atoms with Gasteiger partial charge >= 0.3 is 0 Å². The maximum absolute atomic E-state index is 11.7. The van der Waals surface area contributed by atoms with Gasteiger partial charge in [0.2, 0.25) is 5.91 Å². The van der Waals surface area contributed by atoms with Crippen LogP contribution >= 0.6 is 0 Å². The van der Waals surface area contributed by atoms with Gasteiger partial charge in [0.15, 0.2) is 0 Å². The van der Waals surface area contributed by atoms with Crippen LogP contribution in [0, 0.1) is 0 Å². The van der Waals surface area contributed by atoms with Gasteiger partial charge in [0.1, 0.15) is 11.3 Å². The maximum atomic E-state index is 11.7. The van der Waals surface area contributed by atoms with Gasteiger partial charge in [-0.15, -0.1) is 0 Å². The molecular formula is C10H13N3O3. The molecule has 0 bridgehead atoms. The molecule has 4 N–H and O–H groups in total. The lowest BCUT2D eigenvalue weighted by Gasteiger charge is -2.22. The second-order valence-electron chi connectivity index (χ2n) is 3.84. The number of aromatic nitrogens is 1. The summed E-state index contributed by atoms with van der Waals surface area (Å²) in [6, 6.07) is 1.35. The first-order chi connectivity index (χ1) is 7.34. The minimum atomic E-state index is -1.17. The molecule has 0 aromatic carbocycles. The molecule has 16 heavy (non-hydrogen) atoms. The molecule has 0 fully saturated rings. The standard InChI is InChI=1S/C10H13N3O3/c1-10(2,9(11)16)13-8(15)6-3-4-12-5-7(6)14/h3-5,14H,1-2H3,(H2,11,16)(H,13,15). The first-order valence-electron chi connectivity index (χ1n) is 4.60. The van der Waals surface area contributed by atoms with Crippen LogP contribution < -0.4 is 11.1 Å². The van der Waals surface area contributed by atoms with Crippen molar-refractivity contribution in [2.75, 3.05) is 0 Å². The monoisotopic (exact) mass is 223 g/mol. The predicted octanol–water partition coefficient (Wildman–Crippen LogP) is -0.219. The van der Waals surface area contributed by atoms with Crippen molar-refractivity contribution < 1.29 is 14.7 Å². The topological polar surface area (TPSA) is 105 Å². The number of pyridine rings is 1. The smallest absolute Gasteiger partial charge is 0.255 e. The molecule has 0 saturated heterocycles. The Morgan fingerprint density at radius 1 is 1.50 bits per heavy atom. The zero-order valence-corrected chi connectivity index (χ0v) is 9.02. The van der Waals surface area contributed by atoms with E-state index in [1.807, 2.05) is 0 Å². The minimum absolute atomic E-state index is 0.0457. The number of nitrogens with one attached hydrogen (secondary N) is 1. The Bertz CT molecular complexity index is 429. The summed E-state index contributed by atoms with van der Waals surface area (Å²) in [7, 11) is 0. The second-order valence-corrected chi connectivity index (χ2v) is 3.84. The molecular weight excluding hydrogens is 210 g/mol. The number of amides is 2. The van der Waals surface area contributed by atoms with Crippen molar-refractivity contribution in [1.82, 2.24) is 10.3 Å². The van der Waals surface area contributed by atoms with E-state index in [1.165, 1.54) is 26.1 Å². The largest absolute Gasteiger partial charge is 0.505 e. The Morgan fingerprint density at radius 3 is 2.62 bits per heavy atom. The lowest BCUT2D eigenvalue weighted by atomic mass is 10.0. The van der Waals surface area contributed by atoms with Gasteiger partial charge in [0.25, 0.3) is 5.91 Å². The first-order valence-corrected chi connectivity index (χ1v) is 4.60. The van der Waals surface area contributed by atoms with Gasteiger partial charge < -0.3 is 16.2 Å². The Kier molecular flexibility index (Phi) is 3.12. The molecule has 6 nitrogen and oxygen atoms in total. The van der Waals surface area contributed by atoms with E-state index in [9.17, 15) is 14.7 Å². The van der Waals surface area contributed by atoms with E-state index in [0.29, 0.717) is 0 Å². The van der Waals surface area contributed by atoms with Gasteiger partial charge in [-0.2, -0.15) is 0 Å². The van der Waals surface area contributed by atoms with E-state index < -0.39 is 17.4 Å². The Hall–Kier alpha value is -2.11. The van der Waals surface area contributed by atoms with Crippen LogP contribution in [0.4, 0.5) is 0 Å². The van der Waals surface area contributed by atoms with Crippen molar-refractivity contribution in [3.63, 3.8) is 0 Å². The molecule has 0 aliphatic heterocycles. The normalized spacial score (nSPS) is 10.9. The third kappa shape index (κ3) is 2.47. The van der Waals surface area contributed by atoms with E-state index in [4.69, 9.17) is 5.73 Å². The van der Waals surface area contributed by atoms with Crippen LogP contribution in [0.5, 0.6) is 5.75 Å². The highest BCUT2D eigenvalue weighted by Gasteiger charge is 2.28. The van der Waals surface area contributed by atoms with Gasteiger partial charge in [-0.25, -0.2) is 0 Å². The lowest BCUT2D eigenvalue weighted by Crippen LogP contribution is -2.53. The highest BCUT2D eigenvalue weighted by atomic mass is 16.3. The number of nitrogens with zero attached hydrogens (tertiary/aromatic N) is 1. The zero-order chi connectivity index (χ0) is 12.3. The Balaban J connectivity index is 2.89. The number of hydrogen-bond acceptors (Lipinski definition) is 4. The average Bonchev–Trinajstić information content (AvgIpc) is 2.17. The summed E-state index contributed by atoms with van der Waals surface area (Å²) >= 11 is 0. The summed E-state index contributed by atoms with van der Waals surface area (Å²) < 4.78 is 0. The lowest BCUT2D eigenvalue weighted by molar-refractivity contribution is -0.122. The summed E-state index contributed by atoms with van der Waals surface area (Å²) in [6.07, 6.45) is 2.51. The van der Waals surface area contributed by atoms with E-state index in [0.717, 1.165) is 6.20 Å². The van der Waals surface area contributed by atoms with Crippen molar-refractivity contribution in [2.24, 2.45) is 5.73 Å². The van der Waals surface area contributed by atoms with Crippen LogP contribution in [0.2, 0.25) is 0 Å². The van der Waals surface area contributed by atoms with E-state index in [-0.39, 0.29) is 11.3 Å². The SMILES string of the molecule is CC(C)(NC(=O)c1ccncc1O)C(N)=O. The van der Waals surface area contributed by atoms with Crippen molar-refractivity contribution in [1.29, 1.82) is 0 Å². The fourth-order valence-corrected chi connectivity index (χ4v) is 0.991. The molecule has 1 aromatic rings. The summed E-state index contributed by atoms with van der Waals surface area (Å²) in [5.41, 5.74) is 3.98. The minimum Gasteiger partial charge on any atom is -0.505 e. The molecule has 6 heteroatoms. The molecule has 0 radical (unpaired) electrons. The van der Waals surface area contributed by atoms with Gasteiger partial charge in [-0.1, -0.05) is 0 Å². The summed E-state index contributed by atoms with van der Waals surface area (Å²) in [5, 5.41) is 11.8. The molecule has 2 amide bonds. The number of aromatic hydroxyl groups is 1. The number of rotatable bonds is 3. The number of carbonyl (C=O) groups excluding carboxylic acids is 2. The highest BCUT2D eigenvalue weighted by Crippen LogP contribution is 2.14. The van der Waals surface area contributed by atoms with E-state index in [1.54, 1.807) is 0 Å². The highest BCUT2D eigenvalue weighted by molar-refractivity contribution is 6.00. The molecule has 86 valence electrons. The summed E-state index contributed by atoms with van der Waals surface area (Å²) in [5.74, 6) is -1.49. The molecule has 0 atom stereocenters. The van der Waals surface area contributed by atoms with Gasteiger partial charge in [-0.3, -0.25) is 14.6 Å². The van der Waals surface area contributed by atoms with Crippen molar-refractivity contribution >= 4 is 11.8 Å². The zero-order valence-electron chi connectivity index (χ0n) is 9.02. The van der Waals surface area contributed by atoms with Gasteiger partial charge in [0.05, 0.1) is 11.8 Å². The number of nitrogens with two attached hydrogens (primary N) is 1. The number of carbonyl (C=O) groups is 2. The van der Waals surface area contributed by atoms with Gasteiger partial charge in [0, 0.05) is 6.20 Å². The van der Waals surface area contributed by atoms with Gasteiger partial charge in [-0.05, 0) is 19.9 Å². The molecule has 0 saturated carbocycles. The summed E-state index contributed by atoms with van der Waals surface area (Å²) in [4.78, 5) is 26.3. The second kappa shape index (κ2) is 4.18. The van der Waals surface area contributed by atoms with Crippen molar-refractivity contribution in [3.05, 3.63) is 24.0 Å². The van der Waals surface area contributed by atoms with Crippen LogP contribution in [0.1, 0.15) is 24.2 Å². The molecule has 0 unspecified atom stereocenters. The van der Waals surface area contributed by atoms with Crippen LogP contribution in [0.3, 0.4) is 0 Å². The molecule has 0 spiro atoms. The van der Waals surface area contributed by atoms with Crippen molar-refractivity contribution in [2.45, 2.75) is 19.4 Å². The Morgan fingerprint density at radius 2 is 2.12 bits per heavy atom. The van der Waals surface area contributed by atoms with Crippen LogP contribution in [-0.2, 0) is 4.79 Å². The fourth-order valence-electron chi connectivity index (χ4n) is 0.991. The third-order valence-corrected chi connectivity index (χ3v) is 2.09. The van der Waals surface area contributed by atoms with Crippen LogP contribution in [0.15, 0.2) is 18.5 Å². The van der Waals surface area contributed by atoms with E-state index >= 15 is 0 Å². The predicted molar refractivity (Wildman–Crippen MR) is 56.6 cm³/mol. The summed E-state index contributed by atoms with van der Waals surface area (Å²) in [6.45, 7) is 2.96. The van der Waals surface area contributed by atoms with Crippen molar-refractivity contribution in [3.8, 4) is 5.75 Å². The average molecular weight is 223 g/mol.